The molecule has 1 aliphatic rings. The zero-order valence-corrected chi connectivity index (χ0v) is 9.21. The molecule has 0 aromatic carbocycles. The second-order valence-electron chi connectivity index (χ2n) is 3.09. The summed E-state index contributed by atoms with van der Waals surface area (Å²) in [5.74, 6) is -2.43. The molecule has 14 heavy (non-hydrogen) atoms. The van der Waals surface area contributed by atoms with Gasteiger partial charge in [-0.25, -0.2) is 8.78 Å². The van der Waals surface area contributed by atoms with Crippen molar-refractivity contribution in [3.8, 4) is 0 Å². The van der Waals surface area contributed by atoms with Crippen LogP contribution in [0.5, 0.6) is 0 Å². The van der Waals surface area contributed by atoms with Crippen LogP contribution < -0.4 is 0 Å². The standard InChI is InChI=1S/C8H12F2.2C2H4/c1-6-3-4-8(9,10)5-7(6)2;2*1-2/h3-5H2,1-2H3;2*1-2H2. The van der Waals surface area contributed by atoms with Crippen LogP contribution >= 0.6 is 0 Å². The third kappa shape index (κ3) is 5.68. The smallest absolute Gasteiger partial charge is 0.207 e. The van der Waals surface area contributed by atoms with Gasteiger partial charge in [-0.1, -0.05) is 11.1 Å². The van der Waals surface area contributed by atoms with Crippen LogP contribution in [-0.2, 0) is 0 Å². The molecule has 0 fully saturated rings. The van der Waals surface area contributed by atoms with Crippen LogP contribution in [-0.4, -0.2) is 5.92 Å². The fourth-order valence-electron chi connectivity index (χ4n) is 1.21. The van der Waals surface area contributed by atoms with E-state index in [4.69, 9.17) is 0 Å². The fraction of sp³-hybridized carbons (Fsp3) is 0.500. The topological polar surface area (TPSA) is 0 Å². The van der Waals surface area contributed by atoms with E-state index in [2.05, 4.69) is 26.3 Å². The Morgan fingerprint density at radius 1 is 1.00 bits per heavy atom. The molecule has 0 atom stereocenters. The van der Waals surface area contributed by atoms with Crippen molar-refractivity contribution < 1.29 is 8.78 Å². The molecule has 2 heteroatoms. The van der Waals surface area contributed by atoms with Crippen molar-refractivity contribution in [1.29, 1.82) is 0 Å². The van der Waals surface area contributed by atoms with Crippen molar-refractivity contribution in [3.05, 3.63) is 37.5 Å². The van der Waals surface area contributed by atoms with Gasteiger partial charge in [-0.3, -0.25) is 0 Å². The quantitative estimate of drug-likeness (QED) is 0.497. The molecule has 0 N–H and O–H groups in total. The van der Waals surface area contributed by atoms with E-state index >= 15 is 0 Å². The van der Waals surface area contributed by atoms with Crippen molar-refractivity contribution in [1.82, 2.24) is 0 Å². The Morgan fingerprint density at radius 3 is 1.71 bits per heavy atom. The number of halogens is 2. The summed E-state index contributed by atoms with van der Waals surface area (Å²) in [6, 6.07) is 0. The van der Waals surface area contributed by atoms with Gasteiger partial charge >= 0.3 is 0 Å². The molecule has 0 saturated carbocycles. The summed E-state index contributed by atoms with van der Waals surface area (Å²) in [6.45, 7) is 15.7. The molecule has 0 aromatic rings. The monoisotopic (exact) mass is 202 g/mol. The molecule has 0 heterocycles. The first-order chi connectivity index (χ1) is 6.51. The number of hydrogen-bond donors (Lipinski definition) is 0. The van der Waals surface area contributed by atoms with E-state index in [9.17, 15) is 8.78 Å². The zero-order chi connectivity index (χ0) is 11.8. The maximum absolute atomic E-state index is 12.6. The average Bonchev–Trinajstić information content (AvgIpc) is 2.18. The molecular weight excluding hydrogens is 182 g/mol. The van der Waals surface area contributed by atoms with E-state index in [-0.39, 0.29) is 12.8 Å². The molecule has 0 spiro atoms. The second kappa shape index (κ2) is 7.48. The van der Waals surface area contributed by atoms with Crippen molar-refractivity contribution in [3.63, 3.8) is 0 Å². The summed E-state index contributed by atoms with van der Waals surface area (Å²) in [5.41, 5.74) is 2.02. The Morgan fingerprint density at radius 2 is 1.43 bits per heavy atom. The Bertz CT molecular complexity index is 190. The second-order valence-corrected chi connectivity index (χ2v) is 3.09. The number of alkyl halides is 2. The highest BCUT2D eigenvalue weighted by molar-refractivity contribution is 5.15. The van der Waals surface area contributed by atoms with Crippen LogP contribution in [0.4, 0.5) is 8.78 Å². The van der Waals surface area contributed by atoms with Crippen LogP contribution in [0.3, 0.4) is 0 Å². The lowest BCUT2D eigenvalue weighted by molar-refractivity contribution is -0.0119. The van der Waals surface area contributed by atoms with E-state index < -0.39 is 5.92 Å². The summed E-state index contributed by atoms with van der Waals surface area (Å²) < 4.78 is 25.2. The fourth-order valence-corrected chi connectivity index (χ4v) is 1.21. The Balaban J connectivity index is 0. The average molecular weight is 202 g/mol. The van der Waals surface area contributed by atoms with E-state index in [0.717, 1.165) is 11.1 Å². The molecule has 0 unspecified atom stereocenters. The van der Waals surface area contributed by atoms with Crippen molar-refractivity contribution in [2.75, 3.05) is 0 Å². The first-order valence-corrected chi connectivity index (χ1v) is 4.54. The highest BCUT2D eigenvalue weighted by atomic mass is 19.3. The number of allylic oxidation sites excluding steroid dienone is 2. The van der Waals surface area contributed by atoms with Crippen LogP contribution in [0.2, 0.25) is 0 Å². The van der Waals surface area contributed by atoms with Crippen molar-refractivity contribution in [2.24, 2.45) is 0 Å². The van der Waals surface area contributed by atoms with E-state index in [1.165, 1.54) is 0 Å². The minimum absolute atomic E-state index is 0.0289. The molecule has 0 radical (unpaired) electrons. The molecule has 0 amide bonds. The molecule has 1 aliphatic carbocycles. The third-order valence-corrected chi connectivity index (χ3v) is 2.12. The summed E-state index contributed by atoms with van der Waals surface area (Å²) >= 11 is 0. The Hall–Kier alpha value is -0.920. The predicted octanol–water partition coefficient (Wildman–Crippen LogP) is 4.75. The molecule has 0 aromatic heterocycles. The van der Waals surface area contributed by atoms with E-state index in [0.29, 0.717) is 6.42 Å². The summed E-state index contributed by atoms with van der Waals surface area (Å²) in [7, 11) is 0. The zero-order valence-electron chi connectivity index (χ0n) is 9.21. The van der Waals surface area contributed by atoms with E-state index in [1.54, 1.807) is 6.92 Å². The largest absolute Gasteiger partial charge is 0.252 e. The molecule has 0 bridgehead atoms. The van der Waals surface area contributed by atoms with Gasteiger partial charge < -0.3 is 0 Å². The minimum Gasteiger partial charge on any atom is -0.207 e. The van der Waals surface area contributed by atoms with Crippen LogP contribution in [0.25, 0.3) is 0 Å². The van der Waals surface area contributed by atoms with Gasteiger partial charge in [-0.15, -0.1) is 26.3 Å². The first kappa shape index (κ1) is 15.5. The Labute approximate surface area is 86.0 Å². The molecule has 0 aliphatic heterocycles. The van der Waals surface area contributed by atoms with Gasteiger partial charge in [-0.05, 0) is 20.3 Å². The van der Waals surface area contributed by atoms with Crippen LogP contribution in [0.1, 0.15) is 33.1 Å². The van der Waals surface area contributed by atoms with Crippen LogP contribution in [0.15, 0.2) is 37.5 Å². The summed E-state index contributed by atoms with van der Waals surface area (Å²) in [5, 5.41) is 0. The van der Waals surface area contributed by atoms with Gasteiger partial charge in [0.1, 0.15) is 0 Å². The highest BCUT2D eigenvalue weighted by Gasteiger charge is 2.32. The lowest BCUT2D eigenvalue weighted by Crippen LogP contribution is -2.20. The molecule has 1 rings (SSSR count). The van der Waals surface area contributed by atoms with Crippen LogP contribution in [0, 0.1) is 0 Å². The molecule has 82 valence electrons. The lowest BCUT2D eigenvalue weighted by atomic mass is 9.91. The van der Waals surface area contributed by atoms with Gasteiger partial charge in [-0.2, -0.15) is 0 Å². The maximum atomic E-state index is 12.6. The third-order valence-electron chi connectivity index (χ3n) is 2.12. The predicted molar refractivity (Wildman–Crippen MR) is 59.7 cm³/mol. The molecule has 0 nitrogen and oxygen atoms in total. The van der Waals surface area contributed by atoms with Gasteiger partial charge in [0.25, 0.3) is 5.92 Å². The SMILES string of the molecule is C=C.C=C.CC1=C(C)CC(F)(F)CC1. The normalized spacial score (nSPS) is 18.6. The molecule has 0 saturated heterocycles. The summed E-state index contributed by atoms with van der Waals surface area (Å²) in [6.07, 6.45) is 0.577. The van der Waals surface area contributed by atoms with Gasteiger partial charge in [0, 0.05) is 12.8 Å². The highest BCUT2D eigenvalue weighted by Crippen LogP contribution is 2.35. The van der Waals surface area contributed by atoms with Gasteiger partial charge in [0.05, 0.1) is 0 Å². The van der Waals surface area contributed by atoms with E-state index in [1.807, 2.05) is 6.92 Å². The maximum Gasteiger partial charge on any atom is 0.252 e. The molecular formula is C12H20F2. The summed E-state index contributed by atoms with van der Waals surface area (Å²) in [4.78, 5) is 0. The number of hydrogen-bond acceptors (Lipinski definition) is 0. The van der Waals surface area contributed by atoms with Gasteiger partial charge in [0.15, 0.2) is 0 Å². The minimum atomic E-state index is -2.43. The first-order valence-electron chi connectivity index (χ1n) is 4.54. The van der Waals surface area contributed by atoms with Gasteiger partial charge in [0.2, 0.25) is 0 Å². The van der Waals surface area contributed by atoms with Crippen molar-refractivity contribution >= 4 is 0 Å². The van der Waals surface area contributed by atoms with Crippen molar-refractivity contribution in [2.45, 2.75) is 39.0 Å². The number of rotatable bonds is 0. The lowest BCUT2D eigenvalue weighted by Gasteiger charge is -2.23. The Kier molecular flexibility index (Phi) is 8.31.